The number of aromatic nitrogens is 2. The molecule has 7 heteroatoms. The molecule has 31 heavy (non-hydrogen) atoms. The van der Waals surface area contributed by atoms with E-state index in [2.05, 4.69) is 9.88 Å². The van der Waals surface area contributed by atoms with Crippen molar-refractivity contribution in [3.05, 3.63) is 53.4 Å². The van der Waals surface area contributed by atoms with E-state index in [1.165, 1.54) is 18.6 Å². The molecule has 1 unspecified atom stereocenters. The predicted octanol–water partition coefficient (Wildman–Crippen LogP) is 3.81. The standard InChI is InChI=1S/C24H31FN4O2/c1-18-22(24(30)29-12-3-2-4-13-29)16-26-23(27-18)19-6-5-11-28(17-19)14-15-31-21-9-7-20(25)8-10-21/h7-10,16,19H,2-6,11-15,17H2,1H3. The monoisotopic (exact) mass is 426 g/mol. The lowest BCUT2D eigenvalue weighted by molar-refractivity contribution is 0.0722. The molecule has 6 nitrogen and oxygen atoms in total. The van der Waals surface area contributed by atoms with Crippen molar-refractivity contribution in [2.75, 3.05) is 39.3 Å². The summed E-state index contributed by atoms with van der Waals surface area (Å²) >= 11 is 0. The number of hydrogen-bond acceptors (Lipinski definition) is 5. The first-order valence-electron chi connectivity index (χ1n) is 11.3. The number of halogens is 1. The summed E-state index contributed by atoms with van der Waals surface area (Å²) in [6.45, 7) is 6.84. The van der Waals surface area contributed by atoms with Crippen LogP contribution in [0.5, 0.6) is 5.75 Å². The number of aryl methyl sites for hydroxylation is 1. The zero-order valence-electron chi connectivity index (χ0n) is 18.2. The van der Waals surface area contributed by atoms with Crippen molar-refractivity contribution in [2.45, 2.75) is 44.9 Å². The second kappa shape index (κ2) is 10.2. The summed E-state index contributed by atoms with van der Waals surface area (Å²) in [6.07, 6.45) is 7.21. The van der Waals surface area contributed by atoms with Gasteiger partial charge in [0.15, 0.2) is 0 Å². The lowest BCUT2D eigenvalue weighted by Gasteiger charge is -2.32. The van der Waals surface area contributed by atoms with Gasteiger partial charge in [0.05, 0.1) is 11.3 Å². The van der Waals surface area contributed by atoms with E-state index in [1.54, 1.807) is 18.3 Å². The Bertz CT molecular complexity index is 884. The summed E-state index contributed by atoms with van der Waals surface area (Å²) in [6, 6.07) is 6.12. The number of likely N-dealkylation sites (tertiary alicyclic amines) is 2. The van der Waals surface area contributed by atoms with E-state index in [0.29, 0.717) is 17.9 Å². The first kappa shape index (κ1) is 21.7. The van der Waals surface area contributed by atoms with Gasteiger partial charge in [0.1, 0.15) is 24.0 Å². The molecule has 1 amide bonds. The summed E-state index contributed by atoms with van der Waals surface area (Å²) in [5.74, 6) is 1.58. The van der Waals surface area contributed by atoms with Crippen molar-refractivity contribution in [1.29, 1.82) is 0 Å². The molecule has 0 spiro atoms. The average Bonchev–Trinajstić information content (AvgIpc) is 2.81. The van der Waals surface area contributed by atoms with Crippen LogP contribution in [0.4, 0.5) is 4.39 Å². The zero-order chi connectivity index (χ0) is 21.6. The van der Waals surface area contributed by atoms with Crippen LogP contribution in [0.2, 0.25) is 0 Å². The van der Waals surface area contributed by atoms with Crippen LogP contribution in [-0.2, 0) is 0 Å². The van der Waals surface area contributed by atoms with Gasteiger partial charge in [-0.15, -0.1) is 0 Å². The van der Waals surface area contributed by atoms with Crippen LogP contribution in [-0.4, -0.2) is 65.0 Å². The minimum Gasteiger partial charge on any atom is -0.492 e. The third-order valence-electron chi connectivity index (χ3n) is 6.23. The van der Waals surface area contributed by atoms with E-state index in [4.69, 9.17) is 9.72 Å². The molecule has 0 aliphatic carbocycles. The van der Waals surface area contributed by atoms with Crippen LogP contribution in [0.25, 0.3) is 0 Å². The number of carbonyl (C=O) groups is 1. The number of piperidine rings is 2. The fourth-order valence-electron chi connectivity index (χ4n) is 4.45. The highest BCUT2D eigenvalue weighted by Crippen LogP contribution is 2.25. The Balaban J connectivity index is 1.32. The lowest BCUT2D eigenvalue weighted by Crippen LogP contribution is -2.38. The number of amides is 1. The Hall–Kier alpha value is -2.54. The summed E-state index contributed by atoms with van der Waals surface area (Å²) in [7, 11) is 0. The van der Waals surface area contributed by atoms with E-state index in [9.17, 15) is 9.18 Å². The van der Waals surface area contributed by atoms with E-state index in [-0.39, 0.29) is 17.6 Å². The quantitative estimate of drug-likeness (QED) is 0.703. The molecule has 0 N–H and O–H groups in total. The molecule has 0 saturated carbocycles. The van der Waals surface area contributed by atoms with Crippen LogP contribution in [0.3, 0.4) is 0 Å². The molecule has 3 heterocycles. The van der Waals surface area contributed by atoms with Crippen molar-refractivity contribution in [2.24, 2.45) is 0 Å². The van der Waals surface area contributed by atoms with Gasteiger partial charge >= 0.3 is 0 Å². The molecular weight excluding hydrogens is 395 g/mol. The highest BCUT2D eigenvalue weighted by molar-refractivity contribution is 5.95. The second-order valence-corrected chi connectivity index (χ2v) is 8.52. The fourth-order valence-corrected chi connectivity index (χ4v) is 4.45. The highest BCUT2D eigenvalue weighted by Gasteiger charge is 2.26. The van der Waals surface area contributed by atoms with Crippen LogP contribution in [0.15, 0.2) is 30.5 Å². The van der Waals surface area contributed by atoms with E-state index in [1.807, 2.05) is 11.8 Å². The number of nitrogens with zero attached hydrogens (tertiary/aromatic N) is 4. The first-order valence-corrected chi connectivity index (χ1v) is 11.3. The Morgan fingerprint density at radius 2 is 1.90 bits per heavy atom. The molecule has 0 bridgehead atoms. The molecule has 2 aromatic rings. The van der Waals surface area contributed by atoms with E-state index < -0.39 is 0 Å². The first-order chi connectivity index (χ1) is 15.1. The number of carbonyl (C=O) groups excluding carboxylic acids is 1. The highest BCUT2D eigenvalue weighted by atomic mass is 19.1. The summed E-state index contributed by atoms with van der Waals surface area (Å²) in [4.78, 5) is 26.4. The zero-order valence-corrected chi connectivity index (χ0v) is 18.2. The smallest absolute Gasteiger partial charge is 0.257 e. The number of ether oxygens (including phenoxy) is 1. The summed E-state index contributed by atoms with van der Waals surface area (Å²) in [5, 5.41) is 0. The van der Waals surface area contributed by atoms with Gasteiger partial charge in [-0.1, -0.05) is 0 Å². The SMILES string of the molecule is Cc1nc(C2CCCN(CCOc3ccc(F)cc3)C2)ncc1C(=O)N1CCCCC1. The van der Waals surface area contributed by atoms with Crippen molar-refractivity contribution >= 4 is 5.91 Å². The van der Waals surface area contributed by atoms with E-state index >= 15 is 0 Å². The molecule has 2 fully saturated rings. The van der Waals surface area contributed by atoms with Crippen molar-refractivity contribution in [3.8, 4) is 5.75 Å². The van der Waals surface area contributed by atoms with Crippen LogP contribution in [0.1, 0.15) is 59.9 Å². The maximum atomic E-state index is 13.0. The van der Waals surface area contributed by atoms with Gasteiger partial charge in [-0.2, -0.15) is 0 Å². The van der Waals surface area contributed by atoms with Gasteiger partial charge in [0.25, 0.3) is 5.91 Å². The van der Waals surface area contributed by atoms with Gasteiger partial charge < -0.3 is 9.64 Å². The number of benzene rings is 1. The average molecular weight is 427 g/mol. The third-order valence-corrected chi connectivity index (χ3v) is 6.23. The van der Waals surface area contributed by atoms with Crippen LogP contribution >= 0.6 is 0 Å². The van der Waals surface area contributed by atoms with Gasteiger partial charge in [0.2, 0.25) is 0 Å². The molecule has 2 aliphatic heterocycles. The molecule has 4 rings (SSSR count). The summed E-state index contributed by atoms with van der Waals surface area (Å²) < 4.78 is 18.7. The molecule has 2 saturated heterocycles. The number of rotatable bonds is 6. The van der Waals surface area contributed by atoms with Crippen molar-refractivity contribution < 1.29 is 13.9 Å². The largest absolute Gasteiger partial charge is 0.492 e. The van der Waals surface area contributed by atoms with Crippen LogP contribution in [0, 0.1) is 12.7 Å². The van der Waals surface area contributed by atoms with Crippen molar-refractivity contribution in [1.82, 2.24) is 19.8 Å². The topological polar surface area (TPSA) is 58.6 Å². The number of hydrogen-bond donors (Lipinski definition) is 0. The lowest BCUT2D eigenvalue weighted by atomic mass is 9.97. The van der Waals surface area contributed by atoms with Gasteiger partial charge in [-0.3, -0.25) is 9.69 Å². The maximum Gasteiger partial charge on any atom is 0.257 e. The Morgan fingerprint density at radius 3 is 2.65 bits per heavy atom. The minimum absolute atomic E-state index is 0.0620. The van der Waals surface area contributed by atoms with Gasteiger partial charge in [-0.05, 0) is 69.8 Å². The third kappa shape index (κ3) is 5.58. The normalized spacial score (nSPS) is 19.9. The maximum absolute atomic E-state index is 13.0. The molecular formula is C24H31FN4O2. The molecule has 0 radical (unpaired) electrons. The molecule has 166 valence electrons. The molecule has 1 aromatic carbocycles. The van der Waals surface area contributed by atoms with Crippen molar-refractivity contribution in [3.63, 3.8) is 0 Å². The predicted molar refractivity (Wildman–Crippen MR) is 117 cm³/mol. The minimum atomic E-state index is -0.259. The molecule has 1 atom stereocenters. The second-order valence-electron chi connectivity index (χ2n) is 8.52. The Morgan fingerprint density at radius 1 is 1.13 bits per heavy atom. The molecule has 1 aromatic heterocycles. The Labute approximate surface area is 183 Å². The summed E-state index contributed by atoms with van der Waals surface area (Å²) in [5.41, 5.74) is 1.41. The van der Waals surface area contributed by atoms with E-state index in [0.717, 1.165) is 69.9 Å². The fraction of sp³-hybridized carbons (Fsp3) is 0.542. The Kier molecular flexibility index (Phi) is 7.12. The van der Waals surface area contributed by atoms with Crippen LogP contribution < -0.4 is 4.74 Å². The van der Waals surface area contributed by atoms with Gasteiger partial charge in [0, 0.05) is 38.3 Å². The molecule has 2 aliphatic rings. The van der Waals surface area contributed by atoms with Gasteiger partial charge in [-0.25, -0.2) is 14.4 Å².